The fourth-order valence-corrected chi connectivity index (χ4v) is 3.90. The molecule has 6 nitrogen and oxygen atoms in total. The zero-order chi connectivity index (χ0) is 16.8. The van der Waals surface area contributed by atoms with Crippen molar-refractivity contribution in [3.05, 3.63) is 41.5 Å². The van der Waals surface area contributed by atoms with E-state index >= 15 is 0 Å². The molecule has 1 aliphatic carbocycles. The van der Waals surface area contributed by atoms with Gasteiger partial charge in [0.25, 0.3) is 0 Å². The number of carbonyl (C=O) groups is 1. The number of nitrogens with zero attached hydrogens (tertiary/aromatic N) is 3. The second-order valence-corrected chi connectivity index (χ2v) is 7.27. The van der Waals surface area contributed by atoms with E-state index in [1.54, 1.807) is 0 Å². The van der Waals surface area contributed by atoms with Crippen molar-refractivity contribution in [1.82, 2.24) is 15.0 Å². The molecule has 5 rings (SSSR count). The van der Waals surface area contributed by atoms with E-state index in [9.17, 15) is 4.79 Å². The lowest BCUT2D eigenvalue weighted by Crippen LogP contribution is -2.40. The van der Waals surface area contributed by atoms with Crippen LogP contribution in [-0.2, 0) is 11.2 Å². The van der Waals surface area contributed by atoms with Gasteiger partial charge >= 0.3 is 0 Å². The fraction of sp³-hybridized carbons (Fsp3) is 0.526. The first-order valence-electron chi connectivity index (χ1n) is 9.14. The Bertz CT molecular complexity index is 799. The summed E-state index contributed by atoms with van der Waals surface area (Å²) in [4.78, 5) is 19.6. The second-order valence-electron chi connectivity index (χ2n) is 7.27. The van der Waals surface area contributed by atoms with Crippen molar-refractivity contribution in [2.24, 2.45) is 5.92 Å². The normalized spacial score (nSPS) is 25.5. The molecule has 3 heterocycles. The van der Waals surface area contributed by atoms with E-state index in [2.05, 4.69) is 10.1 Å². The molecule has 6 heteroatoms. The monoisotopic (exact) mass is 339 g/mol. The van der Waals surface area contributed by atoms with Gasteiger partial charge in [0, 0.05) is 12.5 Å². The summed E-state index contributed by atoms with van der Waals surface area (Å²) in [6, 6.07) is 7.91. The summed E-state index contributed by atoms with van der Waals surface area (Å²) in [5.41, 5.74) is 1.11. The molecule has 2 atom stereocenters. The summed E-state index contributed by atoms with van der Waals surface area (Å²) in [6.45, 7) is 1.20. The number of ether oxygens (including phenoxy) is 1. The smallest absolute Gasteiger partial charge is 0.230 e. The molecule has 2 aliphatic heterocycles. The zero-order valence-electron chi connectivity index (χ0n) is 14.1. The molecule has 0 unspecified atom stereocenters. The van der Waals surface area contributed by atoms with Crippen molar-refractivity contribution >= 4 is 5.91 Å². The van der Waals surface area contributed by atoms with Gasteiger partial charge in [0.15, 0.2) is 5.82 Å². The van der Waals surface area contributed by atoms with Crippen LogP contribution in [0.5, 0.6) is 5.75 Å². The van der Waals surface area contributed by atoms with Crippen LogP contribution >= 0.6 is 0 Å². The highest BCUT2D eigenvalue weighted by molar-refractivity contribution is 5.80. The van der Waals surface area contributed by atoms with Gasteiger partial charge in [0.1, 0.15) is 12.4 Å². The maximum atomic E-state index is 13.1. The number of amides is 1. The van der Waals surface area contributed by atoms with E-state index in [1.807, 2.05) is 29.2 Å². The minimum Gasteiger partial charge on any atom is -0.492 e. The molecule has 0 radical (unpaired) electrons. The quantitative estimate of drug-likeness (QED) is 0.860. The predicted molar refractivity (Wildman–Crippen MR) is 89.1 cm³/mol. The Morgan fingerprint density at radius 3 is 2.96 bits per heavy atom. The minimum atomic E-state index is -0.134. The molecule has 130 valence electrons. The topological polar surface area (TPSA) is 68.5 Å². The van der Waals surface area contributed by atoms with Crippen molar-refractivity contribution in [3.63, 3.8) is 0 Å². The van der Waals surface area contributed by atoms with Crippen LogP contribution < -0.4 is 4.74 Å². The molecule has 1 amide bonds. The van der Waals surface area contributed by atoms with E-state index in [1.165, 1.54) is 0 Å². The molecular weight excluding hydrogens is 318 g/mol. The third-order valence-corrected chi connectivity index (χ3v) is 5.45. The highest BCUT2D eigenvalue weighted by atomic mass is 16.5. The molecule has 1 saturated heterocycles. The number of fused-ring (bicyclic) bond motifs is 1. The summed E-state index contributed by atoms with van der Waals surface area (Å²) in [5, 5.41) is 4.16. The predicted octanol–water partition coefficient (Wildman–Crippen LogP) is 2.86. The average molecular weight is 339 g/mol. The molecule has 2 aromatic rings. The highest BCUT2D eigenvalue weighted by Gasteiger charge is 2.39. The lowest BCUT2D eigenvalue weighted by Gasteiger charge is -2.30. The third-order valence-electron chi connectivity index (χ3n) is 5.45. The Morgan fingerprint density at radius 1 is 1.20 bits per heavy atom. The van der Waals surface area contributed by atoms with Crippen LogP contribution in [0, 0.1) is 5.92 Å². The van der Waals surface area contributed by atoms with Gasteiger partial charge in [-0.3, -0.25) is 4.79 Å². The first-order chi connectivity index (χ1) is 12.3. The van der Waals surface area contributed by atoms with Crippen molar-refractivity contribution in [3.8, 4) is 5.75 Å². The van der Waals surface area contributed by atoms with Crippen molar-refractivity contribution in [2.75, 3.05) is 13.2 Å². The summed E-state index contributed by atoms with van der Waals surface area (Å²) in [5.74, 6) is 2.76. The Labute approximate surface area is 146 Å². The fourth-order valence-electron chi connectivity index (χ4n) is 3.90. The summed E-state index contributed by atoms with van der Waals surface area (Å²) in [6.07, 6.45) is 4.88. The maximum Gasteiger partial charge on any atom is 0.230 e. The Kier molecular flexibility index (Phi) is 3.50. The van der Waals surface area contributed by atoms with Crippen molar-refractivity contribution in [1.29, 1.82) is 0 Å². The Hall–Kier alpha value is -2.37. The minimum absolute atomic E-state index is 0.0547. The number of benzene rings is 1. The molecule has 25 heavy (non-hydrogen) atoms. The van der Waals surface area contributed by atoms with Gasteiger partial charge in [-0.1, -0.05) is 23.4 Å². The molecule has 1 aromatic carbocycles. The number of carbonyl (C=O) groups excluding carboxylic acids is 1. The van der Waals surface area contributed by atoms with Gasteiger partial charge in [0.2, 0.25) is 11.8 Å². The first kappa shape index (κ1) is 14.9. The standard InChI is InChI=1S/C19H21N3O3/c23-19(14-10-13-4-1-2-6-16(13)24-11-14)22-9-3-5-15(22)17-20-18(25-21-17)12-7-8-12/h1-2,4,6,12,14-15H,3,5,7-11H2/t14-,15+/m1/s1. The highest BCUT2D eigenvalue weighted by Crippen LogP contribution is 2.40. The number of rotatable bonds is 3. The Balaban J connectivity index is 1.34. The van der Waals surface area contributed by atoms with E-state index in [0.29, 0.717) is 18.3 Å². The molecule has 1 saturated carbocycles. The molecule has 2 fully saturated rings. The summed E-state index contributed by atoms with van der Waals surface area (Å²) >= 11 is 0. The van der Waals surface area contributed by atoms with Gasteiger partial charge < -0.3 is 14.2 Å². The second kappa shape index (κ2) is 5.86. The van der Waals surface area contributed by atoms with E-state index in [4.69, 9.17) is 9.26 Å². The zero-order valence-corrected chi connectivity index (χ0v) is 14.1. The lowest BCUT2D eigenvalue weighted by atomic mass is 9.95. The van der Waals surface area contributed by atoms with Gasteiger partial charge in [-0.05, 0) is 43.7 Å². The van der Waals surface area contributed by atoms with E-state index < -0.39 is 0 Å². The molecule has 0 bridgehead atoms. The molecule has 0 spiro atoms. The number of hydrogen-bond acceptors (Lipinski definition) is 5. The first-order valence-corrected chi connectivity index (χ1v) is 9.14. The van der Waals surface area contributed by atoms with Gasteiger partial charge in [-0.25, -0.2) is 0 Å². The number of likely N-dealkylation sites (tertiary alicyclic amines) is 1. The van der Waals surface area contributed by atoms with Crippen LogP contribution in [0.2, 0.25) is 0 Å². The third kappa shape index (κ3) is 2.69. The van der Waals surface area contributed by atoms with Crippen LogP contribution in [0.15, 0.2) is 28.8 Å². The molecule has 3 aliphatic rings. The largest absolute Gasteiger partial charge is 0.492 e. The molecular formula is C19H21N3O3. The van der Waals surface area contributed by atoms with E-state index in [-0.39, 0.29) is 17.9 Å². The van der Waals surface area contributed by atoms with Crippen molar-refractivity contribution in [2.45, 2.75) is 44.1 Å². The maximum absolute atomic E-state index is 13.1. The molecule has 1 aromatic heterocycles. The van der Waals surface area contributed by atoms with Crippen molar-refractivity contribution < 1.29 is 14.1 Å². The van der Waals surface area contributed by atoms with Gasteiger partial charge in [0.05, 0.1) is 12.0 Å². The van der Waals surface area contributed by atoms with Crippen LogP contribution in [0.3, 0.4) is 0 Å². The average Bonchev–Trinajstić information content (AvgIpc) is 3.19. The van der Waals surface area contributed by atoms with Gasteiger partial charge in [-0.2, -0.15) is 4.98 Å². The summed E-state index contributed by atoms with van der Waals surface area (Å²) < 4.78 is 11.2. The SMILES string of the molecule is O=C([C@H]1COc2ccccc2C1)N1CCC[C@H]1c1noc(C2CC2)n1. The molecule has 0 N–H and O–H groups in total. The van der Waals surface area contributed by atoms with Gasteiger partial charge in [-0.15, -0.1) is 0 Å². The summed E-state index contributed by atoms with van der Waals surface area (Å²) in [7, 11) is 0. The lowest BCUT2D eigenvalue weighted by molar-refractivity contribution is -0.138. The van der Waals surface area contributed by atoms with Crippen LogP contribution in [0.4, 0.5) is 0 Å². The van der Waals surface area contributed by atoms with Crippen LogP contribution in [0.25, 0.3) is 0 Å². The van der Waals surface area contributed by atoms with Crippen LogP contribution in [0.1, 0.15) is 54.9 Å². The number of para-hydroxylation sites is 1. The van der Waals surface area contributed by atoms with Crippen LogP contribution in [-0.4, -0.2) is 34.1 Å². The Morgan fingerprint density at radius 2 is 2.08 bits per heavy atom. The number of hydrogen-bond donors (Lipinski definition) is 0. The van der Waals surface area contributed by atoms with E-state index in [0.717, 1.165) is 55.9 Å². The number of aromatic nitrogens is 2.